The van der Waals surface area contributed by atoms with Crippen molar-refractivity contribution in [2.75, 3.05) is 7.11 Å². The zero-order valence-electron chi connectivity index (χ0n) is 19.4. The summed E-state index contributed by atoms with van der Waals surface area (Å²) in [6, 6.07) is 20.6. The lowest BCUT2D eigenvalue weighted by Crippen LogP contribution is -2.38. The zero-order chi connectivity index (χ0) is 24.1. The Bertz CT molecular complexity index is 1190. The van der Waals surface area contributed by atoms with Gasteiger partial charge in [-0.2, -0.15) is 0 Å². The third kappa shape index (κ3) is 5.31. The van der Waals surface area contributed by atoms with Gasteiger partial charge in [-0.05, 0) is 79.1 Å². The number of amides is 2. The highest BCUT2D eigenvalue weighted by molar-refractivity contribution is 6.02. The standard InChI is InChI=1S/C27H27NO6/c1-4-6-19-16-23(32-21-11-9-20(31-3)10-12-21)13-14-24(19)33-22-8-5-7-18(15-22)17-27(2)25(29)28-26(30)34-27/h5,7-16H,4,6,17H2,1-3H3,(H,28,29,30)/t27-/m0/s1. The molecule has 0 radical (unpaired) electrons. The molecular formula is C27H27NO6. The van der Waals surface area contributed by atoms with Crippen molar-refractivity contribution in [1.29, 1.82) is 0 Å². The van der Waals surface area contributed by atoms with Crippen LogP contribution in [0.3, 0.4) is 0 Å². The zero-order valence-corrected chi connectivity index (χ0v) is 19.4. The van der Waals surface area contributed by atoms with Crippen molar-refractivity contribution in [3.05, 3.63) is 77.9 Å². The SMILES string of the molecule is CCCc1cc(Oc2ccc(OC)cc2)ccc1Oc1cccc(C[C@]2(C)OC(=O)NC2=O)c1. The summed E-state index contributed by atoms with van der Waals surface area (Å²) in [5.41, 5.74) is 0.611. The Morgan fingerprint density at radius 3 is 2.26 bits per heavy atom. The minimum Gasteiger partial charge on any atom is -0.497 e. The molecule has 1 saturated heterocycles. The number of aryl methyl sites for hydroxylation is 1. The van der Waals surface area contributed by atoms with Gasteiger partial charge in [-0.25, -0.2) is 4.79 Å². The van der Waals surface area contributed by atoms with Gasteiger partial charge in [0.2, 0.25) is 0 Å². The lowest BCUT2D eigenvalue weighted by atomic mass is 9.96. The average molecular weight is 462 g/mol. The number of cyclic esters (lactones) is 1. The fourth-order valence-electron chi connectivity index (χ4n) is 3.82. The van der Waals surface area contributed by atoms with Gasteiger partial charge in [0.25, 0.3) is 5.91 Å². The van der Waals surface area contributed by atoms with E-state index in [2.05, 4.69) is 12.2 Å². The van der Waals surface area contributed by atoms with Gasteiger partial charge in [0.05, 0.1) is 7.11 Å². The molecule has 0 aliphatic carbocycles. The van der Waals surface area contributed by atoms with Crippen molar-refractivity contribution in [1.82, 2.24) is 5.32 Å². The summed E-state index contributed by atoms with van der Waals surface area (Å²) in [5.74, 6) is 3.13. The number of methoxy groups -OCH3 is 1. The Hall–Kier alpha value is -4.00. The first-order chi connectivity index (χ1) is 16.4. The monoisotopic (exact) mass is 461 g/mol. The molecule has 1 N–H and O–H groups in total. The van der Waals surface area contributed by atoms with Crippen molar-refractivity contribution in [2.24, 2.45) is 0 Å². The van der Waals surface area contributed by atoms with Crippen LogP contribution in [0.4, 0.5) is 4.79 Å². The van der Waals surface area contributed by atoms with Crippen molar-refractivity contribution in [2.45, 2.75) is 38.7 Å². The minimum atomic E-state index is -1.23. The number of ether oxygens (including phenoxy) is 4. The van der Waals surface area contributed by atoms with E-state index in [0.29, 0.717) is 5.75 Å². The average Bonchev–Trinajstić information content (AvgIpc) is 3.07. The van der Waals surface area contributed by atoms with Crippen LogP contribution < -0.4 is 19.5 Å². The molecule has 7 nitrogen and oxygen atoms in total. The van der Waals surface area contributed by atoms with Gasteiger partial charge in [-0.1, -0.05) is 25.5 Å². The Morgan fingerprint density at radius 1 is 0.882 bits per heavy atom. The second kappa shape index (κ2) is 9.87. The minimum absolute atomic E-state index is 0.248. The smallest absolute Gasteiger partial charge is 0.415 e. The van der Waals surface area contributed by atoms with E-state index < -0.39 is 17.6 Å². The largest absolute Gasteiger partial charge is 0.497 e. The van der Waals surface area contributed by atoms with Crippen LogP contribution >= 0.6 is 0 Å². The van der Waals surface area contributed by atoms with Crippen LogP contribution in [0.2, 0.25) is 0 Å². The van der Waals surface area contributed by atoms with Crippen molar-refractivity contribution < 1.29 is 28.5 Å². The van der Waals surface area contributed by atoms with Gasteiger partial charge < -0.3 is 18.9 Å². The summed E-state index contributed by atoms with van der Waals surface area (Å²) in [4.78, 5) is 23.5. The van der Waals surface area contributed by atoms with E-state index >= 15 is 0 Å². The summed E-state index contributed by atoms with van der Waals surface area (Å²) in [7, 11) is 1.63. The summed E-state index contributed by atoms with van der Waals surface area (Å²) in [6.45, 7) is 3.71. The number of benzene rings is 3. The molecule has 4 rings (SSSR count). The van der Waals surface area contributed by atoms with Crippen molar-refractivity contribution in [3.63, 3.8) is 0 Å². The number of rotatable bonds is 9. The second-order valence-electron chi connectivity index (χ2n) is 8.30. The third-order valence-corrected chi connectivity index (χ3v) is 5.53. The molecule has 0 unspecified atom stereocenters. The van der Waals surface area contributed by atoms with E-state index in [4.69, 9.17) is 18.9 Å². The Labute approximate surface area is 198 Å². The molecule has 3 aromatic rings. The van der Waals surface area contributed by atoms with E-state index in [1.165, 1.54) is 0 Å². The van der Waals surface area contributed by atoms with Crippen LogP contribution in [0.5, 0.6) is 28.7 Å². The molecule has 1 aliphatic heterocycles. The Morgan fingerprint density at radius 2 is 1.59 bits per heavy atom. The van der Waals surface area contributed by atoms with Crippen LogP contribution in [-0.4, -0.2) is 24.7 Å². The van der Waals surface area contributed by atoms with Gasteiger partial charge in [0.1, 0.15) is 28.7 Å². The predicted molar refractivity (Wildman–Crippen MR) is 127 cm³/mol. The maximum absolute atomic E-state index is 12.1. The number of hydrogen-bond donors (Lipinski definition) is 1. The van der Waals surface area contributed by atoms with Crippen molar-refractivity contribution >= 4 is 12.0 Å². The number of alkyl carbamates (subject to hydrolysis) is 1. The summed E-state index contributed by atoms with van der Waals surface area (Å²) in [6.07, 6.45) is 1.30. The highest BCUT2D eigenvalue weighted by atomic mass is 16.6. The summed E-state index contributed by atoms with van der Waals surface area (Å²) >= 11 is 0. The molecule has 7 heteroatoms. The maximum Gasteiger partial charge on any atom is 0.415 e. The normalized spacial score (nSPS) is 17.1. The highest BCUT2D eigenvalue weighted by Crippen LogP contribution is 2.33. The molecule has 1 fully saturated rings. The lowest BCUT2D eigenvalue weighted by Gasteiger charge is -2.19. The lowest BCUT2D eigenvalue weighted by molar-refractivity contribution is -0.129. The number of carbonyl (C=O) groups is 2. The number of nitrogens with one attached hydrogen (secondary N) is 1. The van der Waals surface area contributed by atoms with Crippen LogP contribution in [0.1, 0.15) is 31.4 Å². The Kier molecular flexibility index (Phi) is 6.72. The molecule has 2 amide bonds. The molecule has 1 aliphatic rings. The molecule has 3 aromatic carbocycles. The highest BCUT2D eigenvalue weighted by Gasteiger charge is 2.44. The molecule has 0 spiro atoms. The van der Waals surface area contributed by atoms with Gasteiger partial charge >= 0.3 is 6.09 Å². The van der Waals surface area contributed by atoms with Crippen LogP contribution in [-0.2, 0) is 22.4 Å². The van der Waals surface area contributed by atoms with Crippen LogP contribution in [0, 0.1) is 0 Å². The second-order valence-corrected chi connectivity index (χ2v) is 8.30. The first kappa shape index (κ1) is 23.2. The fraction of sp³-hybridized carbons (Fsp3) is 0.259. The van der Waals surface area contributed by atoms with E-state index in [1.54, 1.807) is 14.0 Å². The van der Waals surface area contributed by atoms with Gasteiger partial charge in [0, 0.05) is 6.42 Å². The molecule has 1 atom stereocenters. The van der Waals surface area contributed by atoms with E-state index in [-0.39, 0.29) is 6.42 Å². The van der Waals surface area contributed by atoms with Gasteiger partial charge in [-0.3, -0.25) is 10.1 Å². The number of imide groups is 1. The van der Waals surface area contributed by atoms with Gasteiger partial charge in [0.15, 0.2) is 5.60 Å². The molecule has 34 heavy (non-hydrogen) atoms. The molecule has 1 heterocycles. The number of hydrogen-bond acceptors (Lipinski definition) is 6. The van der Waals surface area contributed by atoms with E-state index in [9.17, 15) is 9.59 Å². The number of carbonyl (C=O) groups excluding carboxylic acids is 2. The third-order valence-electron chi connectivity index (χ3n) is 5.53. The summed E-state index contributed by atoms with van der Waals surface area (Å²) in [5, 5.41) is 2.18. The summed E-state index contributed by atoms with van der Waals surface area (Å²) < 4.78 is 22.6. The first-order valence-electron chi connectivity index (χ1n) is 11.1. The maximum atomic E-state index is 12.1. The fourth-order valence-corrected chi connectivity index (χ4v) is 3.82. The Balaban J connectivity index is 1.51. The van der Waals surface area contributed by atoms with Crippen LogP contribution in [0.15, 0.2) is 66.7 Å². The molecule has 176 valence electrons. The van der Waals surface area contributed by atoms with Crippen molar-refractivity contribution in [3.8, 4) is 28.7 Å². The van der Waals surface area contributed by atoms with Gasteiger partial charge in [-0.15, -0.1) is 0 Å². The molecule has 0 bridgehead atoms. The molecular weight excluding hydrogens is 434 g/mol. The van der Waals surface area contributed by atoms with E-state index in [1.807, 2.05) is 66.7 Å². The van der Waals surface area contributed by atoms with E-state index in [0.717, 1.165) is 47.0 Å². The predicted octanol–water partition coefficient (Wildman–Crippen LogP) is 5.80. The molecule has 0 saturated carbocycles. The topological polar surface area (TPSA) is 83.1 Å². The van der Waals surface area contributed by atoms with Crippen LogP contribution in [0.25, 0.3) is 0 Å². The first-order valence-corrected chi connectivity index (χ1v) is 11.1. The quantitative estimate of drug-likeness (QED) is 0.434. The molecule has 0 aromatic heterocycles.